The van der Waals surface area contributed by atoms with Gasteiger partial charge < -0.3 is 5.32 Å². The van der Waals surface area contributed by atoms with E-state index in [9.17, 15) is 9.59 Å². The minimum Gasteiger partial charge on any atom is -0.348 e. The third-order valence-electron chi connectivity index (χ3n) is 3.09. The predicted octanol–water partition coefficient (Wildman–Crippen LogP) is 2.21. The van der Waals surface area contributed by atoms with Crippen LogP contribution in [0, 0.1) is 5.92 Å². The smallest absolute Gasteiger partial charge is 0.271 e. The summed E-state index contributed by atoms with van der Waals surface area (Å²) >= 11 is 0. The second-order valence-corrected chi connectivity index (χ2v) is 5.63. The van der Waals surface area contributed by atoms with E-state index in [0.29, 0.717) is 18.2 Å². The molecule has 1 aromatic rings. The SMILES string of the molecule is CCCn1nc(C(=O)NC(C)CCC(C)C)ccc1=O. The fourth-order valence-electron chi connectivity index (χ4n) is 1.90. The molecule has 20 heavy (non-hydrogen) atoms. The maximum Gasteiger partial charge on any atom is 0.271 e. The number of hydrogen-bond acceptors (Lipinski definition) is 3. The number of carbonyl (C=O) groups excluding carboxylic acids is 1. The maximum absolute atomic E-state index is 12.1. The lowest BCUT2D eigenvalue weighted by Crippen LogP contribution is -2.35. The van der Waals surface area contributed by atoms with Crippen LogP contribution < -0.4 is 10.9 Å². The Kier molecular flexibility index (Phi) is 6.42. The molecule has 5 nitrogen and oxygen atoms in total. The molecule has 112 valence electrons. The van der Waals surface area contributed by atoms with E-state index in [1.807, 2.05) is 13.8 Å². The van der Waals surface area contributed by atoms with Crippen LogP contribution in [-0.4, -0.2) is 21.7 Å². The number of aryl methyl sites for hydroxylation is 1. The van der Waals surface area contributed by atoms with Crippen LogP contribution in [0.4, 0.5) is 0 Å². The summed E-state index contributed by atoms with van der Waals surface area (Å²) in [7, 11) is 0. The first-order valence-electron chi connectivity index (χ1n) is 7.33. The van der Waals surface area contributed by atoms with Gasteiger partial charge in [-0.2, -0.15) is 5.10 Å². The Morgan fingerprint density at radius 1 is 1.30 bits per heavy atom. The summed E-state index contributed by atoms with van der Waals surface area (Å²) in [6, 6.07) is 2.99. The Hall–Kier alpha value is -1.65. The summed E-state index contributed by atoms with van der Waals surface area (Å²) in [5, 5.41) is 7.03. The van der Waals surface area contributed by atoms with Crippen LogP contribution in [0.3, 0.4) is 0 Å². The van der Waals surface area contributed by atoms with Crippen LogP contribution in [0.15, 0.2) is 16.9 Å². The molecule has 0 aliphatic rings. The highest BCUT2D eigenvalue weighted by Crippen LogP contribution is 2.06. The average molecular weight is 279 g/mol. The molecule has 1 atom stereocenters. The van der Waals surface area contributed by atoms with Crippen molar-refractivity contribution in [3.05, 3.63) is 28.2 Å². The Morgan fingerprint density at radius 3 is 2.60 bits per heavy atom. The lowest BCUT2D eigenvalue weighted by Gasteiger charge is -2.15. The molecule has 1 rings (SSSR count). The largest absolute Gasteiger partial charge is 0.348 e. The van der Waals surface area contributed by atoms with Gasteiger partial charge in [-0.1, -0.05) is 20.8 Å². The van der Waals surface area contributed by atoms with E-state index in [4.69, 9.17) is 0 Å². The van der Waals surface area contributed by atoms with Crippen molar-refractivity contribution in [3.8, 4) is 0 Å². The van der Waals surface area contributed by atoms with Gasteiger partial charge in [0.15, 0.2) is 0 Å². The van der Waals surface area contributed by atoms with Gasteiger partial charge in [0.25, 0.3) is 11.5 Å². The van der Waals surface area contributed by atoms with Crippen LogP contribution in [0.2, 0.25) is 0 Å². The Labute approximate surface area is 120 Å². The van der Waals surface area contributed by atoms with Crippen molar-refractivity contribution in [1.29, 1.82) is 0 Å². The first-order chi connectivity index (χ1) is 9.43. The molecule has 1 amide bonds. The fourth-order valence-corrected chi connectivity index (χ4v) is 1.90. The summed E-state index contributed by atoms with van der Waals surface area (Å²) in [4.78, 5) is 23.6. The van der Waals surface area contributed by atoms with Crippen molar-refractivity contribution in [1.82, 2.24) is 15.1 Å². The minimum absolute atomic E-state index is 0.109. The molecule has 1 heterocycles. The summed E-state index contributed by atoms with van der Waals surface area (Å²) in [6.07, 6.45) is 2.82. The maximum atomic E-state index is 12.1. The summed E-state index contributed by atoms with van der Waals surface area (Å²) < 4.78 is 1.34. The number of aromatic nitrogens is 2. The zero-order valence-electron chi connectivity index (χ0n) is 12.8. The molecule has 0 bridgehead atoms. The fraction of sp³-hybridized carbons (Fsp3) is 0.667. The van der Waals surface area contributed by atoms with Gasteiger partial charge in [0.1, 0.15) is 5.69 Å². The second-order valence-electron chi connectivity index (χ2n) is 5.63. The average Bonchev–Trinajstić information content (AvgIpc) is 2.39. The van der Waals surface area contributed by atoms with Gasteiger partial charge in [-0.05, 0) is 38.2 Å². The standard InChI is InChI=1S/C15H25N3O2/c1-5-10-18-14(19)9-8-13(17-18)15(20)16-12(4)7-6-11(2)3/h8-9,11-12H,5-7,10H2,1-4H3,(H,16,20). The van der Waals surface area contributed by atoms with Crippen LogP contribution in [-0.2, 0) is 6.54 Å². The molecule has 0 spiro atoms. The molecule has 0 aliphatic heterocycles. The van der Waals surface area contributed by atoms with E-state index < -0.39 is 0 Å². The van der Waals surface area contributed by atoms with Crippen molar-refractivity contribution in [2.24, 2.45) is 5.92 Å². The van der Waals surface area contributed by atoms with E-state index >= 15 is 0 Å². The third-order valence-corrected chi connectivity index (χ3v) is 3.09. The van der Waals surface area contributed by atoms with E-state index in [-0.39, 0.29) is 17.5 Å². The monoisotopic (exact) mass is 279 g/mol. The lowest BCUT2D eigenvalue weighted by atomic mass is 10.0. The zero-order chi connectivity index (χ0) is 15.1. The van der Waals surface area contributed by atoms with Crippen molar-refractivity contribution >= 4 is 5.91 Å². The third kappa shape index (κ3) is 5.15. The van der Waals surface area contributed by atoms with Crippen molar-refractivity contribution in [3.63, 3.8) is 0 Å². The number of nitrogens with one attached hydrogen (secondary N) is 1. The molecule has 5 heteroatoms. The van der Waals surface area contributed by atoms with Gasteiger partial charge in [-0.25, -0.2) is 4.68 Å². The van der Waals surface area contributed by atoms with Gasteiger partial charge in [0.05, 0.1) is 0 Å². The number of rotatable bonds is 7. The number of carbonyl (C=O) groups is 1. The van der Waals surface area contributed by atoms with E-state index in [0.717, 1.165) is 19.3 Å². The number of nitrogens with zero attached hydrogens (tertiary/aromatic N) is 2. The minimum atomic E-state index is -0.217. The first kappa shape index (κ1) is 16.4. The van der Waals surface area contributed by atoms with Crippen LogP contribution in [0.1, 0.15) is 57.4 Å². The second kappa shape index (κ2) is 7.82. The summed E-state index contributed by atoms with van der Waals surface area (Å²) in [5.41, 5.74) is 0.130. The molecule has 0 aliphatic carbocycles. The highest BCUT2D eigenvalue weighted by atomic mass is 16.2. The molecular weight excluding hydrogens is 254 g/mol. The molecule has 1 unspecified atom stereocenters. The number of hydrogen-bond donors (Lipinski definition) is 1. The molecule has 1 N–H and O–H groups in total. The zero-order valence-corrected chi connectivity index (χ0v) is 12.8. The normalized spacial score (nSPS) is 12.4. The molecular formula is C15H25N3O2. The molecule has 0 aromatic carbocycles. The molecule has 0 fully saturated rings. The topological polar surface area (TPSA) is 64.0 Å². The lowest BCUT2D eigenvalue weighted by molar-refractivity contribution is 0.0929. The van der Waals surface area contributed by atoms with Crippen LogP contribution in [0.25, 0.3) is 0 Å². The molecule has 0 saturated carbocycles. The Bertz CT molecular complexity index is 494. The van der Waals surface area contributed by atoms with Gasteiger partial charge in [0.2, 0.25) is 0 Å². The molecule has 0 saturated heterocycles. The first-order valence-corrected chi connectivity index (χ1v) is 7.33. The van der Waals surface area contributed by atoms with Crippen LogP contribution in [0.5, 0.6) is 0 Å². The quantitative estimate of drug-likeness (QED) is 0.832. The summed E-state index contributed by atoms with van der Waals surface area (Å²) in [6.45, 7) is 8.81. The highest BCUT2D eigenvalue weighted by Gasteiger charge is 2.12. The van der Waals surface area contributed by atoms with Crippen LogP contribution >= 0.6 is 0 Å². The van der Waals surface area contributed by atoms with E-state index in [2.05, 4.69) is 24.3 Å². The number of amides is 1. The predicted molar refractivity (Wildman–Crippen MR) is 79.8 cm³/mol. The van der Waals surface area contributed by atoms with Crippen molar-refractivity contribution < 1.29 is 4.79 Å². The Balaban J connectivity index is 2.67. The van der Waals surface area contributed by atoms with Gasteiger partial charge in [-0.3, -0.25) is 9.59 Å². The van der Waals surface area contributed by atoms with Gasteiger partial charge >= 0.3 is 0 Å². The molecule has 1 aromatic heterocycles. The van der Waals surface area contributed by atoms with Crippen molar-refractivity contribution in [2.75, 3.05) is 0 Å². The van der Waals surface area contributed by atoms with E-state index in [1.54, 1.807) is 0 Å². The highest BCUT2D eigenvalue weighted by molar-refractivity contribution is 5.92. The Morgan fingerprint density at radius 2 is 2.00 bits per heavy atom. The molecule has 0 radical (unpaired) electrons. The van der Waals surface area contributed by atoms with Crippen molar-refractivity contribution in [2.45, 2.75) is 59.5 Å². The summed E-state index contributed by atoms with van der Waals surface area (Å²) in [5.74, 6) is 0.407. The van der Waals surface area contributed by atoms with Gasteiger partial charge in [-0.15, -0.1) is 0 Å². The van der Waals surface area contributed by atoms with Gasteiger partial charge in [0, 0.05) is 18.7 Å². The van der Waals surface area contributed by atoms with E-state index in [1.165, 1.54) is 16.8 Å².